The van der Waals surface area contributed by atoms with Crippen LogP contribution < -0.4 is 10.3 Å². The Morgan fingerprint density at radius 1 is 0.980 bits per heavy atom. The van der Waals surface area contributed by atoms with Crippen molar-refractivity contribution in [2.24, 2.45) is 5.92 Å². The highest BCUT2D eigenvalue weighted by Crippen LogP contribution is 2.55. The van der Waals surface area contributed by atoms with Crippen LogP contribution in [0.3, 0.4) is 0 Å². The molecule has 3 heterocycles. The predicted octanol–water partition coefficient (Wildman–Crippen LogP) is 6.41. The van der Waals surface area contributed by atoms with Crippen LogP contribution in [0, 0.1) is 12.8 Å². The van der Waals surface area contributed by atoms with Crippen molar-refractivity contribution in [3.05, 3.63) is 126 Å². The highest BCUT2D eigenvalue weighted by atomic mass is 31.2. The molecule has 13 heteroatoms. The minimum atomic E-state index is -4.22. The Morgan fingerprint density at radius 3 is 2.45 bits per heavy atom. The minimum Gasteiger partial charge on any atom is -0.461 e. The van der Waals surface area contributed by atoms with Crippen LogP contribution in [-0.2, 0) is 36.4 Å². The first-order valence-corrected chi connectivity index (χ1v) is 18.4. The van der Waals surface area contributed by atoms with Crippen molar-refractivity contribution in [1.82, 2.24) is 19.5 Å². The molecule has 0 saturated carbocycles. The molecule has 1 unspecified atom stereocenters. The monoisotopic (exact) mass is 707 g/mol. The first-order valence-electron chi connectivity index (χ1n) is 16.7. The first kappa shape index (κ1) is 34.3. The molecule has 4 aromatic carbocycles. The number of hydrogen-bond acceptors (Lipinski definition) is 11. The number of aryl methyl sites for hydroxylation is 1. The molecule has 0 aliphatic carbocycles. The Labute approximate surface area is 294 Å². The maximum atomic E-state index is 15.3. The van der Waals surface area contributed by atoms with Crippen molar-refractivity contribution in [1.29, 1.82) is 0 Å². The fraction of sp³-hybridized carbons (Fsp3) is 0.263. The number of fused-ring (bicyclic) bond motifs is 2. The van der Waals surface area contributed by atoms with Gasteiger partial charge in [-0.15, -0.1) is 0 Å². The summed E-state index contributed by atoms with van der Waals surface area (Å²) in [5, 5.41) is 12.1. The van der Waals surface area contributed by atoms with Crippen LogP contribution in [0.1, 0.15) is 29.6 Å². The standard InChI is InChI=1S/C38H38N5O7P/c1-25-41-36(39)35-37(42-25)43(24-40-35)34-20-32(33(21-44)48-34)50-51(46,49-31-18-10-16-28-15-8-9-17-30(28)31)23-29(19-26-11-4-2-5-12-26)38(45)47-22-27-13-6-3-7-14-27/h2-18,24,29,32-34,44H,19-23H2,1H3,(H2,39,41,42)/t29-,32-,33-,34-,51?/m1/s1. The number of nitrogens with two attached hydrogens (primary N) is 1. The fourth-order valence-electron chi connectivity index (χ4n) is 6.38. The smallest absolute Gasteiger partial charge is 0.380 e. The van der Waals surface area contributed by atoms with Crippen LogP contribution in [0.25, 0.3) is 21.9 Å². The molecule has 6 aromatic rings. The summed E-state index contributed by atoms with van der Waals surface area (Å²) < 4.78 is 41.9. The van der Waals surface area contributed by atoms with Gasteiger partial charge in [0.15, 0.2) is 11.5 Å². The number of ether oxygens (including phenoxy) is 2. The average Bonchev–Trinajstić information content (AvgIpc) is 3.75. The number of nitrogen functional groups attached to an aromatic ring is 1. The van der Waals surface area contributed by atoms with E-state index in [-0.39, 0.29) is 31.4 Å². The number of anilines is 1. The van der Waals surface area contributed by atoms with E-state index in [4.69, 9.17) is 24.3 Å². The van der Waals surface area contributed by atoms with Gasteiger partial charge in [0.1, 0.15) is 42.1 Å². The number of aromatic nitrogens is 4. The Hall–Kier alpha value is -5.13. The lowest BCUT2D eigenvalue weighted by atomic mass is 10.0. The van der Waals surface area contributed by atoms with E-state index >= 15 is 4.57 Å². The van der Waals surface area contributed by atoms with E-state index in [0.717, 1.165) is 21.9 Å². The molecule has 0 bridgehead atoms. The maximum absolute atomic E-state index is 15.3. The molecule has 1 aliphatic rings. The van der Waals surface area contributed by atoms with Gasteiger partial charge >= 0.3 is 13.6 Å². The minimum absolute atomic E-state index is 0.0530. The van der Waals surface area contributed by atoms with Crippen molar-refractivity contribution in [3.63, 3.8) is 0 Å². The second-order valence-electron chi connectivity index (χ2n) is 12.5. The van der Waals surface area contributed by atoms with E-state index in [1.54, 1.807) is 23.9 Å². The summed E-state index contributed by atoms with van der Waals surface area (Å²) in [6.45, 7) is 1.35. The number of aliphatic hydroxyl groups is 1. The zero-order valence-corrected chi connectivity index (χ0v) is 28.8. The zero-order valence-electron chi connectivity index (χ0n) is 27.9. The first-order chi connectivity index (χ1) is 24.8. The third-order valence-corrected chi connectivity index (χ3v) is 10.8. The number of nitrogens with zero attached hydrogens (tertiary/aromatic N) is 4. The van der Waals surface area contributed by atoms with Crippen molar-refractivity contribution in [2.75, 3.05) is 18.5 Å². The van der Waals surface area contributed by atoms with E-state index in [1.807, 2.05) is 97.1 Å². The number of benzene rings is 4. The quantitative estimate of drug-likeness (QED) is 0.101. The van der Waals surface area contributed by atoms with Crippen LogP contribution in [0.15, 0.2) is 109 Å². The number of carbonyl (C=O) groups excluding carboxylic acids is 1. The van der Waals surface area contributed by atoms with Gasteiger partial charge in [-0.05, 0) is 35.9 Å². The molecule has 0 radical (unpaired) electrons. The average molecular weight is 708 g/mol. The maximum Gasteiger partial charge on any atom is 0.380 e. The number of carbonyl (C=O) groups is 1. The SMILES string of the molecule is Cc1nc(N)c2ncn([C@H]3C[C@@H](OP(=O)(C[C@@H](Cc4ccccc4)C(=O)OCc4ccccc4)Oc4cccc5ccccc45)[C@@H](CO)O3)c2n1. The third-order valence-electron chi connectivity index (χ3n) is 8.84. The zero-order chi connectivity index (χ0) is 35.4. The van der Waals surface area contributed by atoms with Crippen LogP contribution in [-0.4, -0.2) is 55.6 Å². The van der Waals surface area contributed by atoms with E-state index in [1.165, 1.54) is 0 Å². The van der Waals surface area contributed by atoms with Crippen molar-refractivity contribution in [2.45, 2.75) is 44.8 Å². The van der Waals surface area contributed by atoms with E-state index in [0.29, 0.717) is 22.7 Å². The van der Waals surface area contributed by atoms with Gasteiger partial charge in [0, 0.05) is 11.8 Å². The van der Waals surface area contributed by atoms with Gasteiger partial charge in [0.05, 0.1) is 25.0 Å². The summed E-state index contributed by atoms with van der Waals surface area (Å²) in [5.41, 5.74) is 8.66. The second-order valence-corrected chi connectivity index (χ2v) is 14.5. The molecule has 51 heavy (non-hydrogen) atoms. The molecule has 2 aromatic heterocycles. The molecule has 5 atom stereocenters. The van der Waals surface area contributed by atoms with Crippen molar-refractivity contribution in [3.8, 4) is 5.75 Å². The summed E-state index contributed by atoms with van der Waals surface area (Å²) in [6.07, 6.45) is -0.810. The Balaban J connectivity index is 1.22. The molecular weight excluding hydrogens is 669 g/mol. The predicted molar refractivity (Wildman–Crippen MR) is 192 cm³/mol. The van der Waals surface area contributed by atoms with Gasteiger partial charge < -0.3 is 24.8 Å². The highest BCUT2D eigenvalue weighted by Gasteiger charge is 2.45. The molecule has 1 saturated heterocycles. The molecule has 1 aliphatic heterocycles. The van der Waals surface area contributed by atoms with Gasteiger partial charge in [-0.3, -0.25) is 13.9 Å². The van der Waals surface area contributed by atoms with E-state index < -0.39 is 44.5 Å². The Bertz CT molecular complexity index is 2180. The summed E-state index contributed by atoms with van der Waals surface area (Å²) in [7, 11) is -4.22. The lowest BCUT2D eigenvalue weighted by Crippen LogP contribution is -2.30. The van der Waals surface area contributed by atoms with Crippen LogP contribution in [0.5, 0.6) is 5.75 Å². The molecule has 0 spiro atoms. The fourth-order valence-corrected chi connectivity index (χ4v) is 8.49. The van der Waals surface area contributed by atoms with Gasteiger partial charge in [0.2, 0.25) is 0 Å². The lowest BCUT2D eigenvalue weighted by Gasteiger charge is -2.27. The molecule has 1 fully saturated rings. The van der Waals surface area contributed by atoms with Crippen molar-refractivity contribution >= 4 is 41.3 Å². The number of rotatable bonds is 13. The van der Waals surface area contributed by atoms with Gasteiger partial charge in [-0.1, -0.05) is 97.1 Å². The number of esters is 1. The number of aliphatic hydroxyl groups excluding tert-OH is 1. The van der Waals surface area contributed by atoms with Crippen LogP contribution in [0.2, 0.25) is 0 Å². The molecule has 7 rings (SSSR count). The van der Waals surface area contributed by atoms with Crippen molar-refractivity contribution < 1.29 is 33.0 Å². The topological polar surface area (TPSA) is 161 Å². The second kappa shape index (κ2) is 15.0. The summed E-state index contributed by atoms with van der Waals surface area (Å²) in [6, 6.07) is 31.8. The van der Waals surface area contributed by atoms with E-state index in [9.17, 15) is 9.90 Å². The Morgan fingerprint density at radius 2 is 1.69 bits per heavy atom. The lowest BCUT2D eigenvalue weighted by molar-refractivity contribution is -0.149. The number of hydrogen-bond donors (Lipinski definition) is 2. The van der Waals surface area contributed by atoms with E-state index in [2.05, 4.69) is 15.0 Å². The van der Waals surface area contributed by atoms with Crippen LogP contribution >= 0.6 is 7.60 Å². The molecular formula is C38H38N5O7P. The molecule has 12 nitrogen and oxygen atoms in total. The molecule has 0 amide bonds. The molecule has 262 valence electrons. The third kappa shape index (κ3) is 7.79. The Kier molecular flexibility index (Phi) is 10.1. The molecule has 3 N–H and O–H groups in total. The summed E-state index contributed by atoms with van der Waals surface area (Å²) in [5.74, 6) is -0.403. The normalized spacial score (nSPS) is 19.1. The van der Waals surface area contributed by atoms with Crippen LogP contribution in [0.4, 0.5) is 5.82 Å². The summed E-state index contributed by atoms with van der Waals surface area (Å²) in [4.78, 5) is 26.9. The van der Waals surface area contributed by atoms with Gasteiger partial charge in [-0.25, -0.2) is 19.5 Å². The highest BCUT2D eigenvalue weighted by molar-refractivity contribution is 7.54. The summed E-state index contributed by atoms with van der Waals surface area (Å²) >= 11 is 0. The van der Waals surface area contributed by atoms with Gasteiger partial charge in [-0.2, -0.15) is 0 Å². The largest absolute Gasteiger partial charge is 0.461 e. The number of imidazole rings is 1. The van der Waals surface area contributed by atoms with Gasteiger partial charge in [0.25, 0.3) is 0 Å².